The number of benzene rings is 1. The van der Waals surface area contributed by atoms with Gasteiger partial charge < -0.3 is 19.6 Å². The van der Waals surface area contributed by atoms with Gasteiger partial charge in [-0.05, 0) is 37.1 Å². The Bertz CT molecular complexity index is 567. The Morgan fingerprint density at radius 3 is 2.75 bits per heavy atom. The molecule has 1 unspecified atom stereocenters. The lowest BCUT2D eigenvalue weighted by Gasteiger charge is -2.13. The molecule has 0 aliphatic rings. The second kappa shape index (κ2) is 6.38. The number of nitrogens with zero attached hydrogens (tertiary/aromatic N) is 2. The summed E-state index contributed by atoms with van der Waals surface area (Å²) in [5.74, 6) is 2.50. The van der Waals surface area contributed by atoms with E-state index in [9.17, 15) is 0 Å². The predicted molar refractivity (Wildman–Crippen MR) is 73.7 cm³/mol. The molecule has 6 nitrogen and oxygen atoms in total. The second-order valence-corrected chi connectivity index (χ2v) is 4.66. The molecule has 2 N–H and O–H groups in total. The third kappa shape index (κ3) is 3.71. The normalized spacial score (nSPS) is 12.2. The van der Waals surface area contributed by atoms with Crippen LogP contribution >= 0.6 is 0 Å². The van der Waals surface area contributed by atoms with E-state index >= 15 is 0 Å². The van der Waals surface area contributed by atoms with Crippen molar-refractivity contribution in [3.8, 4) is 11.5 Å². The van der Waals surface area contributed by atoms with Crippen molar-refractivity contribution in [1.29, 1.82) is 0 Å². The van der Waals surface area contributed by atoms with Crippen LogP contribution < -0.4 is 15.2 Å². The first-order chi connectivity index (χ1) is 9.58. The molecule has 0 spiro atoms. The summed E-state index contributed by atoms with van der Waals surface area (Å²) in [6.07, 6.45) is 0.704. The van der Waals surface area contributed by atoms with Gasteiger partial charge in [0, 0.05) is 13.0 Å². The van der Waals surface area contributed by atoms with Gasteiger partial charge in [-0.25, -0.2) is 0 Å². The van der Waals surface area contributed by atoms with Gasteiger partial charge in [-0.2, -0.15) is 0 Å². The minimum Gasteiger partial charge on any atom is -0.497 e. The van der Waals surface area contributed by atoms with Gasteiger partial charge in [-0.1, -0.05) is 0 Å². The predicted octanol–water partition coefficient (Wildman–Crippen LogP) is 1.86. The summed E-state index contributed by atoms with van der Waals surface area (Å²) < 4.78 is 16.2. The number of methoxy groups -OCH3 is 1. The third-order valence-corrected chi connectivity index (χ3v) is 2.73. The van der Waals surface area contributed by atoms with Crippen molar-refractivity contribution >= 4 is 0 Å². The summed E-state index contributed by atoms with van der Waals surface area (Å²) in [6.45, 7) is 3.93. The van der Waals surface area contributed by atoms with Crippen LogP contribution in [0.25, 0.3) is 0 Å². The van der Waals surface area contributed by atoms with E-state index in [-0.39, 0.29) is 12.6 Å². The molecule has 0 aliphatic heterocycles. The van der Waals surface area contributed by atoms with Crippen molar-refractivity contribution in [2.75, 3.05) is 7.11 Å². The van der Waals surface area contributed by atoms with Gasteiger partial charge in [-0.3, -0.25) is 0 Å². The van der Waals surface area contributed by atoms with E-state index in [1.54, 1.807) is 14.0 Å². The molecule has 0 bridgehead atoms. The molecule has 2 rings (SSSR count). The van der Waals surface area contributed by atoms with E-state index in [4.69, 9.17) is 19.6 Å². The Kier molecular flexibility index (Phi) is 4.57. The molecular weight excluding hydrogens is 258 g/mol. The zero-order chi connectivity index (χ0) is 14.5. The number of nitrogens with two attached hydrogens (primary N) is 1. The first-order valence-corrected chi connectivity index (χ1v) is 6.42. The van der Waals surface area contributed by atoms with Gasteiger partial charge >= 0.3 is 0 Å². The zero-order valence-corrected chi connectivity index (χ0v) is 11.9. The lowest BCUT2D eigenvalue weighted by Crippen LogP contribution is -2.18. The highest BCUT2D eigenvalue weighted by Gasteiger charge is 2.10. The molecule has 1 heterocycles. The number of aryl methyl sites for hydroxylation is 1. The van der Waals surface area contributed by atoms with Crippen LogP contribution in [0.1, 0.15) is 24.3 Å². The standard InChI is InChI=1S/C14H19N3O3/c1-9(15)6-11-7-12(18-3)4-5-13(11)19-8-14-17-16-10(2)20-14/h4-5,7,9H,6,8,15H2,1-3H3. The fourth-order valence-corrected chi connectivity index (χ4v) is 1.87. The van der Waals surface area contributed by atoms with Crippen LogP contribution in [0.2, 0.25) is 0 Å². The molecule has 6 heteroatoms. The highest BCUT2D eigenvalue weighted by Crippen LogP contribution is 2.26. The minimum atomic E-state index is 0.0371. The maximum Gasteiger partial charge on any atom is 0.253 e. The van der Waals surface area contributed by atoms with Crippen molar-refractivity contribution < 1.29 is 13.9 Å². The van der Waals surface area contributed by atoms with E-state index in [2.05, 4.69) is 10.2 Å². The highest BCUT2D eigenvalue weighted by atomic mass is 16.5. The van der Waals surface area contributed by atoms with E-state index in [1.165, 1.54) is 0 Å². The summed E-state index contributed by atoms with van der Waals surface area (Å²) in [7, 11) is 1.63. The van der Waals surface area contributed by atoms with E-state index in [0.29, 0.717) is 18.2 Å². The summed E-state index contributed by atoms with van der Waals surface area (Å²) in [5, 5.41) is 7.65. The maximum atomic E-state index is 5.86. The van der Waals surface area contributed by atoms with Crippen LogP contribution in [0.15, 0.2) is 22.6 Å². The SMILES string of the molecule is COc1ccc(OCc2nnc(C)o2)c(CC(C)N)c1. The molecular formula is C14H19N3O3. The Hall–Kier alpha value is -2.08. The van der Waals surface area contributed by atoms with E-state index in [0.717, 1.165) is 17.1 Å². The van der Waals surface area contributed by atoms with Crippen molar-refractivity contribution in [2.24, 2.45) is 5.73 Å². The second-order valence-electron chi connectivity index (χ2n) is 4.66. The highest BCUT2D eigenvalue weighted by molar-refractivity contribution is 5.40. The van der Waals surface area contributed by atoms with Crippen molar-refractivity contribution in [3.63, 3.8) is 0 Å². The first kappa shape index (κ1) is 14.3. The topological polar surface area (TPSA) is 83.4 Å². The molecule has 1 aromatic carbocycles. The van der Waals surface area contributed by atoms with Gasteiger partial charge in [0.2, 0.25) is 5.89 Å². The quantitative estimate of drug-likeness (QED) is 0.867. The number of ether oxygens (including phenoxy) is 2. The van der Waals surface area contributed by atoms with Crippen LogP contribution in [-0.2, 0) is 13.0 Å². The van der Waals surface area contributed by atoms with Crippen molar-refractivity contribution in [3.05, 3.63) is 35.5 Å². The zero-order valence-electron chi connectivity index (χ0n) is 11.9. The third-order valence-electron chi connectivity index (χ3n) is 2.73. The molecule has 1 atom stereocenters. The average Bonchev–Trinajstić information content (AvgIpc) is 2.82. The summed E-state index contributed by atoms with van der Waals surface area (Å²) in [6, 6.07) is 5.67. The van der Waals surface area contributed by atoms with E-state index < -0.39 is 0 Å². The average molecular weight is 277 g/mol. The Labute approximate surface area is 117 Å². The fourth-order valence-electron chi connectivity index (χ4n) is 1.87. The van der Waals surface area contributed by atoms with Crippen LogP contribution in [-0.4, -0.2) is 23.3 Å². The molecule has 0 saturated carbocycles. The molecule has 0 fully saturated rings. The van der Waals surface area contributed by atoms with Gasteiger partial charge in [-0.15, -0.1) is 10.2 Å². The first-order valence-electron chi connectivity index (χ1n) is 6.42. The lowest BCUT2D eigenvalue weighted by atomic mass is 10.1. The summed E-state index contributed by atoms with van der Waals surface area (Å²) in [4.78, 5) is 0. The smallest absolute Gasteiger partial charge is 0.253 e. The number of hydrogen-bond acceptors (Lipinski definition) is 6. The largest absolute Gasteiger partial charge is 0.497 e. The summed E-state index contributed by atoms with van der Waals surface area (Å²) >= 11 is 0. The van der Waals surface area contributed by atoms with Gasteiger partial charge in [0.1, 0.15) is 11.5 Å². The monoisotopic (exact) mass is 277 g/mol. The Morgan fingerprint density at radius 1 is 1.35 bits per heavy atom. The molecule has 2 aromatic rings. The molecule has 0 aliphatic carbocycles. The molecule has 1 aromatic heterocycles. The minimum absolute atomic E-state index is 0.0371. The van der Waals surface area contributed by atoms with Gasteiger partial charge in [0.15, 0.2) is 6.61 Å². The van der Waals surface area contributed by atoms with Crippen LogP contribution in [0, 0.1) is 6.92 Å². The molecule has 0 saturated heterocycles. The fraction of sp³-hybridized carbons (Fsp3) is 0.429. The number of rotatable bonds is 6. The van der Waals surface area contributed by atoms with Crippen molar-refractivity contribution in [1.82, 2.24) is 10.2 Å². The van der Waals surface area contributed by atoms with Crippen molar-refractivity contribution in [2.45, 2.75) is 32.9 Å². The molecule has 0 amide bonds. The number of hydrogen-bond donors (Lipinski definition) is 1. The Balaban J connectivity index is 2.12. The Morgan fingerprint density at radius 2 is 2.15 bits per heavy atom. The lowest BCUT2D eigenvalue weighted by molar-refractivity contribution is 0.257. The molecule has 20 heavy (non-hydrogen) atoms. The summed E-state index contributed by atoms with van der Waals surface area (Å²) in [5.41, 5.74) is 6.85. The van der Waals surface area contributed by atoms with Crippen LogP contribution in [0.3, 0.4) is 0 Å². The van der Waals surface area contributed by atoms with Gasteiger partial charge in [0.25, 0.3) is 5.89 Å². The number of aromatic nitrogens is 2. The van der Waals surface area contributed by atoms with Gasteiger partial charge in [0.05, 0.1) is 7.11 Å². The van der Waals surface area contributed by atoms with E-state index in [1.807, 2.05) is 25.1 Å². The van der Waals surface area contributed by atoms with Crippen LogP contribution in [0.5, 0.6) is 11.5 Å². The molecule has 0 radical (unpaired) electrons. The molecule has 108 valence electrons. The maximum absolute atomic E-state index is 5.86. The van der Waals surface area contributed by atoms with Crippen LogP contribution in [0.4, 0.5) is 0 Å².